The van der Waals surface area contributed by atoms with E-state index in [-0.39, 0.29) is 49.8 Å². The van der Waals surface area contributed by atoms with E-state index in [2.05, 4.69) is 10.1 Å². The van der Waals surface area contributed by atoms with Crippen LogP contribution in [0.2, 0.25) is 0 Å². The van der Waals surface area contributed by atoms with Crippen LogP contribution in [0.5, 0.6) is 0 Å². The third kappa shape index (κ3) is 3.99. The summed E-state index contributed by atoms with van der Waals surface area (Å²) in [5.74, 6) is -2.35. The van der Waals surface area contributed by atoms with Crippen molar-refractivity contribution in [1.29, 1.82) is 5.53 Å². The Labute approximate surface area is 153 Å². The Hall–Kier alpha value is -3.17. The molecule has 1 atom stereocenters. The zero-order valence-electron chi connectivity index (χ0n) is 14.3. The molecular formula is C17H17F2N5O3. The Balaban J connectivity index is 1.77. The van der Waals surface area contributed by atoms with E-state index in [0.29, 0.717) is 0 Å². The fourth-order valence-electron chi connectivity index (χ4n) is 2.78. The van der Waals surface area contributed by atoms with Gasteiger partial charge in [0.2, 0.25) is 0 Å². The molecule has 8 nitrogen and oxygen atoms in total. The van der Waals surface area contributed by atoms with E-state index in [1.165, 1.54) is 35.5 Å². The van der Waals surface area contributed by atoms with Gasteiger partial charge in [0.1, 0.15) is 0 Å². The summed E-state index contributed by atoms with van der Waals surface area (Å²) in [6.07, 6.45) is 2.83. The average molecular weight is 377 g/mol. The smallest absolute Gasteiger partial charge is 0.415 e. The van der Waals surface area contributed by atoms with E-state index in [1.807, 2.05) is 0 Å². The van der Waals surface area contributed by atoms with Gasteiger partial charge in [0, 0.05) is 25.4 Å². The maximum Gasteiger partial charge on any atom is 0.415 e. The van der Waals surface area contributed by atoms with Crippen molar-refractivity contribution in [3.63, 3.8) is 0 Å². The molecule has 1 fully saturated rings. The Morgan fingerprint density at radius 3 is 2.67 bits per heavy atom. The normalized spacial score (nSPS) is 19.9. The average Bonchev–Trinajstić information content (AvgIpc) is 3.02. The lowest BCUT2D eigenvalue weighted by Gasteiger charge is -2.24. The van der Waals surface area contributed by atoms with Crippen molar-refractivity contribution >= 4 is 29.5 Å². The van der Waals surface area contributed by atoms with Crippen LogP contribution < -0.4 is 9.80 Å². The van der Waals surface area contributed by atoms with E-state index < -0.39 is 23.8 Å². The number of nitrogens with one attached hydrogen (secondary N) is 1. The molecule has 1 N–H and O–H groups in total. The van der Waals surface area contributed by atoms with Gasteiger partial charge in [-0.25, -0.2) is 19.1 Å². The third-order valence-corrected chi connectivity index (χ3v) is 4.13. The Morgan fingerprint density at radius 1 is 1.22 bits per heavy atom. The predicted octanol–water partition coefficient (Wildman–Crippen LogP) is 2.68. The maximum absolute atomic E-state index is 14.6. The van der Waals surface area contributed by atoms with E-state index >= 15 is 0 Å². The van der Waals surface area contributed by atoms with Crippen LogP contribution in [-0.4, -0.2) is 50.4 Å². The van der Waals surface area contributed by atoms with Crippen molar-refractivity contribution in [1.82, 2.24) is 0 Å². The van der Waals surface area contributed by atoms with Crippen LogP contribution in [0.25, 0.3) is 0 Å². The molecule has 2 aliphatic heterocycles. The van der Waals surface area contributed by atoms with Crippen LogP contribution in [0, 0.1) is 17.2 Å². The highest BCUT2D eigenvalue weighted by Crippen LogP contribution is 2.32. The molecule has 1 aromatic rings. The number of amides is 1. The van der Waals surface area contributed by atoms with Gasteiger partial charge in [0.05, 0.1) is 31.0 Å². The van der Waals surface area contributed by atoms with Crippen LogP contribution in [0.15, 0.2) is 34.5 Å². The van der Waals surface area contributed by atoms with Gasteiger partial charge in [0.25, 0.3) is 0 Å². The first-order valence-corrected chi connectivity index (χ1v) is 8.28. The number of halogens is 2. The highest BCUT2D eigenvalue weighted by atomic mass is 19.2. The first kappa shape index (κ1) is 18.6. The van der Waals surface area contributed by atoms with Crippen LogP contribution in [0.1, 0.15) is 6.42 Å². The molecule has 1 unspecified atom stereocenters. The summed E-state index contributed by atoms with van der Waals surface area (Å²) in [5, 5.41) is 3.15. The SMILES string of the molecule is N=NCCN=CC1CN(c2ccc(N3C=CC(=O)CC3)c(F)c2F)C(=O)O1. The minimum Gasteiger partial charge on any atom is -0.438 e. The largest absolute Gasteiger partial charge is 0.438 e. The Morgan fingerprint density at radius 2 is 1.96 bits per heavy atom. The molecule has 2 heterocycles. The summed E-state index contributed by atoms with van der Waals surface area (Å²) in [6.45, 7) is 0.744. The molecular weight excluding hydrogens is 360 g/mol. The minimum atomic E-state index is -1.17. The third-order valence-electron chi connectivity index (χ3n) is 4.13. The Bertz CT molecular complexity index is 827. The number of ether oxygens (including phenoxy) is 1. The highest BCUT2D eigenvalue weighted by molar-refractivity contribution is 5.93. The fourth-order valence-corrected chi connectivity index (χ4v) is 2.78. The van der Waals surface area contributed by atoms with Gasteiger partial charge >= 0.3 is 6.09 Å². The highest BCUT2D eigenvalue weighted by Gasteiger charge is 2.34. The number of carbonyl (C=O) groups excluding carboxylic acids is 2. The van der Waals surface area contributed by atoms with Crippen molar-refractivity contribution in [2.24, 2.45) is 10.1 Å². The molecule has 10 heteroatoms. The van der Waals surface area contributed by atoms with E-state index in [1.54, 1.807) is 0 Å². The lowest BCUT2D eigenvalue weighted by Crippen LogP contribution is -2.28. The number of aliphatic imine (C=N–C) groups is 1. The topological polar surface area (TPSA) is 98.4 Å². The van der Waals surface area contributed by atoms with E-state index in [4.69, 9.17) is 10.3 Å². The van der Waals surface area contributed by atoms with Gasteiger partial charge in [0.15, 0.2) is 23.5 Å². The molecule has 0 aromatic heterocycles. The van der Waals surface area contributed by atoms with Gasteiger partial charge in [-0.05, 0) is 18.2 Å². The van der Waals surface area contributed by atoms with E-state index in [9.17, 15) is 18.4 Å². The lowest BCUT2D eigenvalue weighted by atomic mass is 10.1. The zero-order valence-corrected chi connectivity index (χ0v) is 14.3. The number of anilines is 2. The van der Waals surface area contributed by atoms with Crippen molar-refractivity contribution in [3.8, 4) is 0 Å². The Kier molecular flexibility index (Phi) is 5.53. The summed E-state index contributed by atoms with van der Waals surface area (Å²) in [5.41, 5.74) is 6.43. The van der Waals surface area contributed by atoms with Crippen LogP contribution in [0.4, 0.5) is 25.0 Å². The second-order valence-electron chi connectivity index (χ2n) is 5.93. The molecule has 27 heavy (non-hydrogen) atoms. The molecule has 142 valence electrons. The number of allylic oxidation sites excluding steroid dienone is 1. The van der Waals surface area contributed by atoms with Gasteiger partial charge in [-0.2, -0.15) is 5.11 Å². The first-order chi connectivity index (χ1) is 13.0. The second kappa shape index (κ2) is 8.02. The van der Waals surface area contributed by atoms with Crippen molar-refractivity contribution in [3.05, 3.63) is 36.0 Å². The first-order valence-electron chi connectivity index (χ1n) is 8.28. The standard InChI is InChI=1S/C17H17F2N5O3/c18-15-13(23-7-3-11(25)4-8-23)1-2-14(16(15)19)24-10-12(27-17(24)26)9-21-5-6-22-20/h1-3,7,9,12,20H,4-6,8,10H2. The number of nitrogens with zero attached hydrogens (tertiary/aromatic N) is 4. The molecule has 0 bridgehead atoms. The summed E-state index contributed by atoms with van der Waals surface area (Å²) < 4.78 is 34.2. The summed E-state index contributed by atoms with van der Waals surface area (Å²) in [7, 11) is 0. The molecule has 2 aliphatic rings. The van der Waals surface area contributed by atoms with E-state index in [0.717, 1.165) is 4.90 Å². The van der Waals surface area contributed by atoms with Crippen LogP contribution >= 0.6 is 0 Å². The number of rotatable bonds is 6. The van der Waals surface area contributed by atoms with Gasteiger partial charge in [-0.1, -0.05) is 0 Å². The lowest BCUT2D eigenvalue weighted by molar-refractivity contribution is -0.114. The van der Waals surface area contributed by atoms with Gasteiger partial charge in [-0.3, -0.25) is 14.7 Å². The van der Waals surface area contributed by atoms with Crippen molar-refractivity contribution in [2.75, 3.05) is 36.0 Å². The van der Waals surface area contributed by atoms with Gasteiger partial charge < -0.3 is 9.64 Å². The zero-order chi connectivity index (χ0) is 19.4. The van der Waals surface area contributed by atoms with Crippen molar-refractivity contribution in [2.45, 2.75) is 12.5 Å². The van der Waals surface area contributed by atoms with Crippen LogP contribution in [0.3, 0.4) is 0 Å². The number of ketones is 1. The van der Waals surface area contributed by atoms with Crippen molar-refractivity contribution < 1.29 is 23.1 Å². The molecule has 0 aliphatic carbocycles. The molecule has 0 saturated carbocycles. The molecule has 1 amide bonds. The number of cyclic esters (lactones) is 1. The predicted molar refractivity (Wildman–Crippen MR) is 93.5 cm³/mol. The number of hydrogen-bond donors (Lipinski definition) is 1. The maximum atomic E-state index is 14.6. The molecule has 1 saturated heterocycles. The quantitative estimate of drug-likeness (QED) is 0.468. The minimum absolute atomic E-state index is 0.00578. The fraction of sp³-hybridized carbons (Fsp3) is 0.353. The second-order valence-corrected chi connectivity index (χ2v) is 5.93. The summed E-state index contributed by atoms with van der Waals surface area (Å²) >= 11 is 0. The summed E-state index contributed by atoms with van der Waals surface area (Å²) in [6, 6.07) is 2.66. The number of hydrogen-bond acceptors (Lipinski definition) is 7. The van der Waals surface area contributed by atoms with Crippen LogP contribution in [-0.2, 0) is 9.53 Å². The summed E-state index contributed by atoms with van der Waals surface area (Å²) in [4.78, 5) is 29.7. The number of carbonyl (C=O) groups is 2. The molecule has 0 spiro atoms. The monoisotopic (exact) mass is 377 g/mol. The molecule has 3 rings (SSSR count). The molecule has 0 radical (unpaired) electrons. The molecule has 1 aromatic carbocycles. The number of benzene rings is 1. The van der Waals surface area contributed by atoms with Gasteiger partial charge in [-0.15, -0.1) is 0 Å².